The molecule has 1 aromatic heterocycles. The summed E-state index contributed by atoms with van der Waals surface area (Å²) in [7, 11) is 0. The van der Waals surface area contributed by atoms with E-state index in [1.54, 1.807) is 0 Å². The predicted octanol–water partition coefficient (Wildman–Crippen LogP) is 5.35. The maximum Gasteiger partial charge on any atom is 0.0638 e. The maximum absolute atomic E-state index is 8.31. The van der Waals surface area contributed by atoms with E-state index in [4.69, 9.17) is 9.60 Å². The van der Waals surface area contributed by atoms with E-state index in [2.05, 4.69) is 0 Å². The molecule has 0 atom stereocenters. The van der Waals surface area contributed by atoms with E-state index in [0.717, 1.165) is 11.3 Å². The zero-order valence-electron chi connectivity index (χ0n) is 16.9. The number of rotatable bonds is 0. The summed E-state index contributed by atoms with van der Waals surface area (Å²) in [5.41, 5.74) is 0.0540. The van der Waals surface area contributed by atoms with Gasteiger partial charge in [-0.3, -0.25) is 0 Å². The molecule has 0 radical (unpaired) electrons. The normalized spacial score (nSPS) is 18.2. The minimum Gasteiger partial charge on any atom is -0.135 e. The molecule has 0 fully saturated rings. The molecule has 0 bridgehead atoms. The summed E-state index contributed by atoms with van der Waals surface area (Å²) in [4.78, 5) is 0. The summed E-state index contributed by atoms with van der Waals surface area (Å²) in [6.45, 7) is 5.70. The van der Waals surface area contributed by atoms with Gasteiger partial charge in [-0.1, -0.05) is 51.0 Å². The molecule has 2 aromatic carbocycles. The van der Waals surface area contributed by atoms with Crippen LogP contribution in [0.4, 0.5) is 0 Å². The van der Waals surface area contributed by atoms with Crippen molar-refractivity contribution in [2.75, 3.05) is 0 Å². The quantitative estimate of drug-likeness (QED) is 0.502. The Kier molecular flexibility index (Phi) is 1.16. The molecule has 0 aliphatic heterocycles. The van der Waals surface area contributed by atoms with Crippen molar-refractivity contribution in [3.63, 3.8) is 0 Å². The molecule has 0 saturated carbocycles. The van der Waals surface area contributed by atoms with Crippen molar-refractivity contribution in [3.05, 3.63) is 47.9 Å². The smallest absolute Gasteiger partial charge is 0.0638 e. The number of hydrogen-bond donors (Lipinski definition) is 0. The fourth-order valence-corrected chi connectivity index (χ4v) is 2.89. The number of fused-ring (bicyclic) bond motifs is 3. The molecule has 0 N–H and O–H groups in total. The number of benzene rings is 2. The van der Waals surface area contributed by atoms with Crippen LogP contribution in [0.5, 0.6) is 0 Å². The first-order chi connectivity index (χ1) is 11.0. The molecule has 0 amide bonds. The van der Waals surface area contributed by atoms with E-state index in [0.29, 0.717) is 25.7 Å². The summed E-state index contributed by atoms with van der Waals surface area (Å²) in [6.07, 6.45) is 0. The van der Waals surface area contributed by atoms with E-state index >= 15 is 0 Å². The number of hydrogen-bond acceptors (Lipinski definition) is 1. The van der Waals surface area contributed by atoms with Gasteiger partial charge in [0.05, 0.1) is 9.60 Å². The van der Waals surface area contributed by atoms with Crippen LogP contribution in [-0.4, -0.2) is 0 Å². The van der Waals surface area contributed by atoms with Crippen LogP contribution in [0.15, 0.2) is 42.3 Å². The Bertz CT molecular complexity index is 1010. The van der Waals surface area contributed by atoms with E-state index in [-0.39, 0.29) is 42.3 Å². The fraction of sp³-hybridized carbons (Fsp3) is 0.250. The van der Waals surface area contributed by atoms with Crippen molar-refractivity contribution in [2.45, 2.75) is 26.2 Å². The number of thiophene rings is 1. The van der Waals surface area contributed by atoms with E-state index in [1.165, 1.54) is 0 Å². The zero-order valence-corrected chi connectivity index (χ0v) is 10.7. The minimum absolute atomic E-state index is 0.0490. The minimum atomic E-state index is -0.497. The lowest BCUT2D eigenvalue weighted by Gasteiger charge is -2.20. The fourth-order valence-electron chi connectivity index (χ4n) is 1.92. The molecule has 86 valence electrons. The van der Waals surface area contributed by atoms with Crippen molar-refractivity contribution in [2.24, 2.45) is 0 Å². The van der Waals surface area contributed by atoms with E-state index in [1.807, 2.05) is 20.8 Å². The maximum atomic E-state index is 8.31. The second-order valence-electron chi connectivity index (χ2n) is 5.01. The van der Waals surface area contributed by atoms with Gasteiger partial charge in [-0.2, -0.15) is 0 Å². The zero-order chi connectivity index (χ0) is 18.1. The Morgan fingerprint density at radius 1 is 0.941 bits per heavy atom. The topological polar surface area (TPSA) is 0 Å². The lowest BCUT2D eigenvalue weighted by molar-refractivity contribution is 0.596. The first kappa shape index (κ1) is 5.53. The Labute approximate surface area is 116 Å². The van der Waals surface area contributed by atoms with Gasteiger partial charge in [-0.05, 0) is 23.1 Å². The van der Waals surface area contributed by atoms with Crippen LogP contribution in [0, 0.1) is 0 Å². The summed E-state index contributed by atoms with van der Waals surface area (Å²) in [6, 6.07) is -1.23. The molecule has 1 heteroatoms. The highest BCUT2D eigenvalue weighted by Gasteiger charge is 2.18. The lowest BCUT2D eigenvalue weighted by Crippen LogP contribution is -2.11. The standard InChI is InChI=1S/C16H16S/c1-16(2,3)12-8-6-10-14-15(12)11-7-4-5-9-13(11)17-14/h4-10H,1-3H3/i4D,5D,6D,7D,8D,9D,10D. The van der Waals surface area contributed by atoms with E-state index in [9.17, 15) is 0 Å². The van der Waals surface area contributed by atoms with Gasteiger partial charge < -0.3 is 0 Å². The Morgan fingerprint density at radius 3 is 2.41 bits per heavy atom. The van der Waals surface area contributed by atoms with E-state index < -0.39 is 5.41 Å². The molecule has 3 rings (SSSR count). The van der Waals surface area contributed by atoms with Gasteiger partial charge in [-0.25, -0.2) is 0 Å². The highest BCUT2D eigenvalue weighted by Crippen LogP contribution is 2.39. The van der Waals surface area contributed by atoms with Crippen LogP contribution in [0.2, 0.25) is 0 Å². The monoisotopic (exact) mass is 247 g/mol. The Balaban J connectivity index is 2.76. The van der Waals surface area contributed by atoms with Crippen molar-refractivity contribution in [3.8, 4) is 0 Å². The van der Waals surface area contributed by atoms with Gasteiger partial charge in [0.2, 0.25) is 0 Å². The van der Waals surface area contributed by atoms with Gasteiger partial charge in [0.25, 0.3) is 0 Å². The molecule has 0 nitrogen and oxygen atoms in total. The summed E-state index contributed by atoms with van der Waals surface area (Å²) in [5, 5.41) is 0.869. The Hall–Kier alpha value is -1.34. The molecule has 3 aromatic rings. The summed E-state index contributed by atoms with van der Waals surface area (Å²) in [5.74, 6) is 0. The highest BCUT2D eigenvalue weighted by atomic mass is 32.1. The molecular weight excluding hydrogens is 224 g/mol. The second kappa shape index (κ2) is 3.58. The lowest BCUT2D eigenvalue weighted by atomic mass is 9.84. The summed E-state index contributed by atoms with van der Waals surface area (Å²) >= 11 is 1.10. The van der Waals surface area contributed by atoms with Gasteiger partial charge >= 0.3 is 0 Å². The van der Waals surface area contributed by atoms with Gasteiger partial charge in [-0.15, -0.1) is 11.3 Å². The Morgan fingerprint density at radius 2 is 1.65 bits per heavy atom. The molecule has 0 unspecified atom stereocenters. The third-order valence-corrected chi connectivity index (χ3v) is 3.72. The average Bonchev–Trinajstić information content (AvgIpc) is 2.87. The average molecular weight is 247 g/mol. The molecule has 17 heavy (non-hydrogen) atoms. The molecule has 0 aliphatic carbocycles. The highest BCUT2D eigenvalue weighted by molar-refractivity contribution is 7.25. The van der Waals surface area contributed by atoms with Crippen LogP contribution in [0.1, 0.15) is 35.9 Å². The van der Waals surface area contributed by atoms with Gasteiger partial charge in [0.15, 0.2) is 0 Å². The third-order valence-electron chi connectivity index (χ3n) is 2.70. The first-order valence-electron chi connectivity index (χ1n) is 8.91. The van der Waals surface area contributed by atoms with Crippen molar-refractivity contribution < 1.29 is 9.60 Å². The van der Waals surface area contributed by atoms with Crippen LogP contribution in [0.25, 0.3) is 20.2 Å². The third kappa shape index (κ3) is 1.66. The van der Waals surface area contributed by atoms with Gasteiger partial charge in [0.1, 0.15) is 0 Å². The van der Waals surface area contributed by atoms with Crippen LogP contribution < -0.4 is 0 Å². The predicted molar refractivity (Wildman–Crippen MR) is 78.0 cm³/mol. The van der Waals surface area contributed by atoms with Crippen molar-refractivity contribution in [1.29, 1.82) is 0 Å². The molecular formula is C16H16S. The van der Waals surface area contributed by atoms with Crippen LogP contribution >= 0.6 is 11.3 Å². The van der Waals surface area contributed by atoms with Gasteiger partial charge in [0, 0.05) is 20.2 Å². The van der Waals surface area contributed by atoms with Crippen LogP contribution in [0.3, 0.4) is 0 Å². The molecule has 1 heterocycles. The first-order valence-corrected chi connectivity index (χ1v) is 6.22. The SMILES string of the molecule is [2H]c1c([2H])c([2H])c2c(sc3c([2H])c([2H])c([2H])c(C(C)(C)C)c32)c1[2H]. The molecule has 0 aliphatic rings. The van der Waals surface area contributed by atoms with Crippen molar-refractivity contribution in [1.82, 2.24) is 0 Å². The van der Waals surface area contributed by atoms with Crippen molar-refractivity contribution >= 4 is 31.5 Å². The molecule has 0 spiro atoms. The summed E-state index contributed by atoms with van der Waals surface area (Å²) < 4.78 is 57.6. The largest absolute Gasteiger partial charge is 0.135 e. The second-order valence-corrected chi connectivity index (χ2v) is 6.03. The molecule has 0 saturated heterocycles. The van der Waals surface area contributed by atoms with Crippen LogP contribution in [-0.2, 0) is 5.41 Å².